The van der Waals surface area contributed by atoms with E-state index in [1.54, 1.807) is 0 Å². The molecule has 1 aromatic heterocycles. The van der Waals surface area contributed by atoms with Gasteiger partial charge in [-0.2, -0.15) is 0 Å². The van der Waals surface area contributed by atoms with Gasteiger partial charge in [-0.25, -0.2) is 0 Å². The molecule has 19 heavy (non-hydrogen) atoms. The molecule has 0 radical (unpaired) electrons. The molecule has 2 aromatic carbocycles. The maximum atomic E-state index is 10.1. The Labute approximate surface area is 127 Å². The van der Waals surface area contributed by atoms with Gasteiger partial charge in [0.05, 0.1) is 5.69 Å². The second-order valence-corrected chi connectivity index (χ2v) is 6.20. The van der Waals surface area contributed by atoms with E-state index in [4.69, 9.17) is 0 Å². The van der Waals surface area contributed by atoms with Crippen LogP contribution < -0.4 is 0 Å². The Morgan fingerprint density at radius 1 is 0.947 bits per heavy atom. The van der Waals surface area contributed by atoms with Crippen molar-refractivity contribution in [2.45, 2.75) is 0 Å². The molecule has 5 heteroatoms. The summed E-state index contributed by atoms with van der Waals surface area (Å²) in [5.41, 5.74) is 0.775. The first-order chi connectivity index (χ1) is 9.24. The normalized spacial score (nSPS) is 11.4. The summed E-state index contributed by atoms with van der Waals surface area (Å²) in [6.45, 7) is 0. The summed E-state index contributed by atoms with van der Waals surface area (Å²) in [5.74, 6) is 0.204. The van der Waals surface area contributed by atoms with E-state index in [0.717, 1.165) is 19.3 Å². The highest BCUT2D eigenvalue weighted by Gasteiger charge is 2.09. The quantitative estimate of drug-likeness (QED) is 0.455. The predicted octanol–water partition coefficient (Wildman–Crippen LogP) is 5.63. The van der Waals surface area contributed by atoms with Crippen molar-refractivity contribution in [2.75, 3.05) is 0 Å². The van der Waals surface area contributed by atoms with Crippen LogP contribution in [0.1, 0.15) is 0 Å². The van der Waals surface area contributed by atoms with Crippen molar-refractivity contribution in [3.05, 3.63) is 52.1 Å². The molecule has 1 heterocycles. The molecule has 0 aliphatic rings. The lowest BCUT2D eigenvalue weighted by molar-refractivity contribution is 0.484. The van der Waals surface area contributed by atoms with Crippen LogP contribution in [0.15, 0.2) is 58.8 Å². The molecule has 0 amide bonds. The first-order valence-corrected chi connectivity index (χ1v) is 7.51. The summed E-state index contributed by atoms with van der Waals surface area (Å²) in [6, 6.07) is 15.4. The minimum Gasteiger partial charge on any atom is -0.504 e. The molecule has 0 aliphatic carbocycles. The van der Waals surface area contributed by atoms with E-state index in [-0.39, 0.29) is 5.75 Å². The molecule has 3 nitrogen and oxygen atoms in total. The van der Waals surface area contributed by atoms with Crippen LogP contribution in [0.5, 0.6) is 5.75 Å². The molecule has 1 N–H and O–H groups in total. The molecule has 0 aliphatic heterocycles. The van der Waals surface area contributed by atoms with Crippen molar-refractivity contribution in [3.63, 3.8) is 0 Å². The van der Waals surface area contributed by atoms with E-state index in [2.05, 4.69) is 32.8 Å². The maximum Gasteiger partial charge on any atom is 0.181 e. The number of fused-ring (bicyclic) bond motifs is 1. The van der Waals surface area contributed by atoms with Crippen LogP contribution in [-0.2, 0) is 0 Å². The van der Waals surface area contributed by atoms with Crippen molar-refractivity contribution < 1.29 is 5.11 Å². The van der Waals surface area contributed by atoms with Gasteiger partial charge in [0, 0.05) is 13.7 Å². The summed E-state index contributed by atoms with van der Waals surface area (Å²) in [7, 11) is 0. The van der Waals surface area contributed by atoms with Gasteiger partial charge in [-0.3, -0.25) is 0 Å². The molecule has 3 aromatic rings. The zero-order valence-corrected chi connectivity index (χ0v) is 12.7. The average Bonchev–Trinajstić information content (AvgIpc) is 2.76. The summed E-state index contributed by atoms with van der Waals surface area (Å²) in [5, 5.41) is 19.7. The Kier molecular flexibility index (Phi) is 3.48. The summed E-state index contributed by atoms with van der Waals surface area (Å²) < 4.78 is 2.16. The highest BCUT2D eigenvalue weighted by Crippen LogP contribution is 2.43. The molecule has 0 saturated carbocycles. The van der Waals surface area contributed by atoms with Crippen molar-refractivity contribution >= 4 is 54.7 Å². The number of thiophene rings is 1. The average molecular weight is 380 g/mol. The van der Waals surface area contributed by atoms with E-state index in [1.165, 1.54) is 11.3 Å². The monoisotopic (exact) mass is 380 g/mol. The van der Waals surface area contributed by atoms with Crippen molar-refractivity contribution in [1.29, 1.82) is 0 Å². The van der Waals surface area contributed by atoms with Crippen molar-refractivity contribution in [1.82, 2.24) is 0 Å². The van der Waals surface area contributed by atoms with Crippen LogP contribution >= 0.6 is 33.9 Å². The number of hydrogen-bond donors (Lipinski definition) is 1. The van der Waals surface area contributed by atoms with Crippen molar-refractivity contribution in [2.24, 2.45) is 10.2 Å². The van der Waals surface area contributed by atoms with Crippen LogP contribution in [-0.4, -0.2) is 5.11 Å². The van der Waals surface area contributed by atoms with E-state index in [0.29, 0.717) is 5.00 Å². The highest BCUT2D eigenvalue weighted by molar-refractivity contribution is 14.1. The topological polar surface area (TPSA) is 45.0 Å². The second-order valence-electron chi connectivity index (χ2n) is 3.93. The Morgan fingerprint density at radius 3 is 2.42 bits per heavy atom. The first-order valence-electron chi connectivity index (χ1n) is 5.62. The van der Waals surface area contributed by atoms with Gasteiger partial charge in [0.25, 0.3) is 0 Å². The minimum atomic E-state index is 0.204. The molecule has 0 saturated heterocycles. The molecule has 0 spiro atoms. The summed E-state index contributed by atoms with van der Waals surface area (Å²) >= 11 is 3.68. The lowest BCUT2D eigenvalue weighted by Gasteiger charge is -1.92. The number of nitrogens with zero attached hydrogens (tertiary/aromatic N) is 2. The fourth-order valence-corrected chi connectivity index (χ4v) is 2.98. The third kappa shape index (κ3) is 2.62. The fourth-order valence-electron chi connectivity index (χ4n) is 1.70. The number of azo groups is 1. The number of hydrogen-bond acceptors (Lipinski definition) is 4. The maximum absolute atomic E-state index is 10.1. The largest absolute Gasteiger partial charge is 0.504 e. The van der Waals surface area contributed by atoms with Crippen LogP contribution in [0, 0.1) is 3.57 Å². The van der Waals surface area contributed by atoms with Crippen LogP contribution in [0.25, 0.3) is 10.1 Å². The van der Waals surface area contributed by atoms with Gasteiger partial charge in [-0.1, -0.05) is 12.1 Å². The number of rotatable bonds is 2. The van der Waals surface area contributed by atoms with Crippen molar-refractivity contribution in [3.8, 4) is 5.75 Å². The van der Waals surface area contributed by atoms with E-state index < -0.39 is 0 Å². The van der Waals surface area contributed by atoms with E-state index >= 15 is 0 Å². The first kappa shape index (κ1) is 12.6. The molecule has 94 valence electrons. The lowest BCUT2D eigenvalue weighted by Crippen LogP contribution is -1.66. The molecule has 0 unspecified atom stereocenters. The van der Waals surface area contributed by atoms with Gasteiger partial charge in [0.15, 0.2) is 10.8 Å². The van der Waals surface area contributed by atoms with Gasteiger partial charge in [-0.05, 0) is 59.0 Å². The molecule has 0 bridgehead atoms. The van der Waals surface area contributed by atoms with Gasteiger partial charge in [-0.15, -0.1) is 21.6 Å². The van der Waals surface area contributed by atoms with Crippen LogP contribution in [0.3, 0.4) is 0 Å². The Bertz CT molecular complexity index is 750. The Morgan fingerprint density at radius 2 is 1.68 bits per heavy atom. The van der Waals surface area contributed by atoms with Gasteiger partial charge in [0.2, 0.25) is 0 Å². The smallest absolute Gasteiger partial charge is 0.181 e. The van der Waals surface area contributed by atoms with Crippen LogP contribution in [0.4, 0.5) is 10.7 Å². The van der Waals surface area contributed by atoms with Gasteiger partial charge < -0.3 is 5.11 Å². The Balaban J connectivity index is 1.97. The highest BCUT2D eigenvalue weighted by atomic mass is 127. The zero-order valence-electron chi connectivity index (χ0n) is 9.75. The van der Waals surface area contributed by atoms with Crippen LogP contribution in [0.2, 0.25) is 0 Å². The minimum absolute atomic E-state index is 0.204. The summed E-state index contributed by atoms with van der Waals surface area (Å²) in [4.78, 5) is 0. The zero-order chi connectivity index (χ0) is 13.2. The molecule has 3 rings (SSSR count). The summed E-state index contributed by atoms with van der Waals surface area (Å²) in [6.07, 6.45) is 0. The molecular weight excluding hydrogens is 371 g/mol. The lowest BCUT2D eigenvalue weighted by atomic mass is 10.2. The third-order valence-electron chi connectivity index (χ3n) is 2.63. The standard InChI is InChI=1S/C14H9IN2OS/c15-9-5-7-10(8-6-9)16-17-14-13(18)11-3-1-2-4-12(11)19-14/h1-8,18H. The third-order valence-corrected chi connectivity index (χ3v) is 4.40. The molecular formula is C14H9IN2OS. The predicted molar refractivity (Wildman–Crippen MR) is 86.8 cm³/mol. The number of halogens is 1. The van der Waals surface area contributed by atoms with E-state index in [9.17, 15) is 5.11 Å². The number of aromatic hydroxyl groups is 1. The Hall–Kier alpha value is -1.47. The second kappa shape index (κ2) is 5.26. The SMILES string of the molecule is Oc1c(N=Nc2ccc(I)cc2)sc2ccccc12. The van der Waals surface area contributed by atoms with Gasteiger partial charge >= 0.3 is 0 Å². The molecule has 0 atom stereocenters. The molecule has 0 fully saturated rings. The van der Waals surface area contributed by atoms with Gasteiger partial charge in [0.1, 0.15) is 0 Å². The number of benzene rings is 2. The fraction of sp³-hybridized carbons (Fsp3) is 0. The van der Waals surface area contributed by atoms with E-state index in [1.807, 2.05) is 48.5 Å².